The van der Waals surface area contributed by atoms with E-state index >= 15 is 0 Å². The highest BCUT2D eigenvalue weighted by molar-refractivity contribution is 6.43. The van der Waals surface area contributed by atoms with Crippen molar-refractivity contribution in [2.75, 3.05) is 18.1 Å². The van der Waals surface area contributed by atoms with Gasteiger partial charge in [0.2, 0.25) is 0 Å². The summed E-state index contributed by atoms with van der Waals surface area (Å²) in [4.78, 5) is 17.3. The Labute approximate surface area is 155 Å². The molecule has 0 aliphatic carbocycles. The molecule has 25 heavy (non-hydrogen) atoms. The molecule has 3 rings (SSSR count). The molecule has 1 aromatic carbocycles. The number of aliphatic hydroxyl groups is 1. The molecule has 0 atom stereocenters. The maximum absolute atomic E-state index is 13.0. The van der Waals surface area contributed by atoms with Gasteiger partial charge in [0.25, 0.3) is 5.56 Å². The topological polar surface area (TPSA) is 84.4 Å². The van der Waals surface area contributed by atoms with Crippen molar-refractivity contribution in [3.05, 3.63) is 50.5 Å². The van der Waals surface area contributed by atoms with Gasteiger partial charge in [-0.15, -0.1) is 0 Å². The van der Waals surface area contributed by atoms with Crippen LogP contribution in [0.5, 0.6) is 0 Å². The first-order valence-electron chi connectivity index (χ1n) is 8.04. The average Bonchev–Trinajstić information content (AvgIpc) is 2.58. The van der Waals surface area contributed by atoms with Gasteiger partial charge in [0, 0.05) is 24.2 Å². The van der Waals surface area contributed by atoms with E-state index in [0.717, 1.165) is 12.8 Å². The number of hydrogen-bond donors (Lipinski definition) is 2. The predicted molar refractivity (Wildman–Crippen MR) is 99.7 cm³/mol. The number of nitrogens with zero attached hydrogens (tertiary/aromatic N) is 3. The van der Waals surface area contributed by atoms with Crippen LogP contribution in [0.25, 0.3) is 11.3 Å². The molecular formula is C17H20Cl2N4O2. The van der Waals surface area contributed by atoms with Crippen LogP contribution >= 0.6 is 23.2 Å². The Morgan fingerprint density at radius 3 is 2.64 bits per heavy atom. The van der Waals surface area contributed by atoms with E-state index in [0.29, 0.717) is 29.4 Å². The molecule has 3 N–H and O–H groups in total. The number of benzene rings is 1. The molecule has 1 saturated heterocycles. The molecule has 0 saturated carbocycles. The third-order valence-corrected chi connectivity index (χ3v) is 5.31. The molecule has 2 aromatic rings. The summed E-state index contributed by atoms with van der Waals surface area (Å²) in [5, 5.41) is 12.1. The standard InChI is InChI=1S/C17H20Cl2N4O2/c1-17(20)5-7-22(8-6-17)23-9-11(10-24)21-15(16(23)25)12-3-2-4-13(18)14(12)19/h2-4,9,24H,5-8,10,20H2,1H3. The molecule has 6 nitrogen and oxygen atoms in total. The van der Waals surface area contributed by atoms with Crippen molar-refractivity contribution >= 4 is 23.2 Å². The van der Waals surface area contributed by atoms with Crippen LogP contribution in [0.4, 0.5) is 0 Å². The first kappa shape index (κ1) is 18.2. The lowest BCUT2D eigenvalue weighted by atomic mass is 9.92. The monoisotopic (exact) mass is 382 g/mol. The van der Waals surface area contributed by atoms with Gasteiger partial charge >= 0.3 is 0 Å². The lowest BCUT2D eigenvalue weighted by Gasteiger charge is -2.38. The fourth-order valence-electron chi connectivity index (χ4n) is 2.90. The van der Waals surface area contributed by atoms with E-state index in [1.54, 1.807) is 24.4 Å². The van der Waals surface area contributed by atoms with Crippen molar-refractivity contribution in [2.45, 2.75) is 31.9 Å². The van der Waals surface area contributed by atoms with Crippen LogP contribution in [0, 0.1) is 0 Å². The molecule has 8 heteroatoms. The van der Waals surface area contributed by atoms with Gasteiger partial charge in [0.1, 0.15) is 5.69 Å². The second kappa shape index (κ2) is 6.96. The Hall–Kier alpha value is -1.60. The largest absolute Gasteiger partial charge is 0.390 e. The van der Waals surface area contributed by atoms with Gasteiger partial charge in [-0.25, -0.2) is 9.66 Å². The zero-order valence-electron chi connectivity index (χ0n) is 13.9. The Morgan fingerprint density at radius 1 is 1.32 bits per heavy atom. The summed E-state index contributed by atoms with van der Waals surface area (Å²) in [7, 11) is 0. The summed E-state index contributed by atoms with van der Waals surface area (Å²) in [5.41, 5.74) is 6.63. The molecule has 134 valence electrons. The van der Waals surface area contributed by atoms with E-state index in [1.807, 2.05) is 11.9 Å². The van der Waals surface area contributed by atoms with Crippen LogP contribution in [-0.2, 0) is 6.61 Å². The quantitative estimate of drug-likeness (QED) is 0.849. The van der Waals surface area contributed by atoms with Gasteiger partial charge in [-0.2, -0.15) is 0 Å². The Bertz CT molecular complexity index is 841. The second-order valence-electron chi connectivity index (χ2n) is 6.60. The van der Waals surface area contributed by atoms with Crippen molar-refractivity contribution in [3.8, 4) is 11.3 Å². The van der Waals surface area contributed by atoms with Gasteiger partial charge in [-0.3, -0.25) is 4.79 Å². The maximum atomic E-state index is 13.0. The average molecular weight is 383 g/mol. The predicted octanol–water partition coefficient (Wildman–Crippen LogP) is 2.16. The summed E-state index contributed by atoms with van der Waals surface area (Å²) < 4.78 is 1.50. The van der Waals surface area contributed by atoms with Gasteiger partial charge in [-0.1, -0.05) is 35.3 Å². The second-order valence-corrected chi connectivity index (χ2v) is 7.38. The molecule has 0 bridgehead atoms. The molecule has 0 amide bonds. The Balaban J connectivity index is 2.09. The summed E-state index contributed by atoms with van der Waals surface area (Å²) in [6.45, 7) is 3.01. The van der Waals surface area contributed by atoms with Crippen molar-refractivity contribution in [2.24, 2.45) is 5.73 Å². The van der Waals surface area contributed by atoms with Crippen molar-refractivity contribution < 1.29 is 5.11 Å². The minimum Gasteiger partial charge on any atom is -0.390 e. The van der Waals surface area contributed by atoms with Crippen LogP contribution in [-0.4, -0.2) is 33.4 Å². The number of nitrogens with two attached hydrogens (primary N) is 1. The number of aliphatic hydroxyl groups excluding tert-OH is 1. The molecule has 1 aliphatic rings. The third kappa shape index (κ3) is 3.67. The van der Waals surface area contributed by atoms with Crippen LogP contribution < -0.4 is 16.3 Å². The number of aromatic nitrogens is 2. The van der Waals surface area contributed by atoms with Crippen LogP contribution in [0.15, 0.2) is 29.2 Å². The summed E-state index contributed by atoms with van der Waals surface area (Å²) >= 11 is 12.3. The molecule has 1 aliphatic heterocycles. The Kier molecular flexibility index (Phi) is 5.06. The molecule has 1 aromatic heterocycles. The van der Waals surface area contributed by atoms with Crippen LogP contribution in [0.1, 0.15) is 25.5 Å². The molecule has 0 radical (unpaired) electrons. The summed E-state index contributed by atoms with van der Waals surface area (Å²) in [6.07, 6.45) is 3.09. The van der Waals surface area contributed by atoms with Crippen molar-refractivity contribution in [1.29, 1.82) is 0 Å². The number of hydrogen-bond acceptors (Lipinski definition) is 5. The van der Waals surface area contributed by atoms with E-state index in [-0.39, 0.29) is 28.4 Å². The Morgan fingerprint density at radius 2 is 2.00 bits per heavy atom. The van der Waals surface area contributed by atoms with E-state index in [4.69, 9.17) is 28.9 Å². The highest BCUT2D eigenvalue weighted by Crippen LogP contribution is 2.31. The highest BCUT2D eigenvalue weighted by atomic mass is 35.5. The van der Waals surface area contributed by atoms with Gasteiger partial charge in [0.15, 0.2) is 0 Å². The van der Waals surface area contributed by atoms with Gasteiger partial charge in [-0.05, 0) is 25.8 Å². The lowest BCUT2D eigenvalue weighted by molar-refractivity contribution is 0.274. The SMILES string of the molecule is CC1(N)CCN(n2cc(CO)nc(-c3cccc(Cl)c3Cl)c2=O)CC1. The molecule has 0 unspecified atom stereocenters. The number of rotatable bonds is 3. The van der Waals surface area contributed by atoms with E-state index in [9.17, 15) is 9.90 Å². The van der Waals surface area contributed by atoms with Gasteiger partial charge < -0.3 is 15.8 Å². The fraction of sp³-hybridized carbons (Fsp3) is 0.412. The van der Waals surface area contributed by atoms with Crippen molar-refractivity contribution in [1.82, 2.24) is 9.66 Å². The first-order chi connectivity index (χ1) is 11.8. The zero-order valence-corrected chi connectivity index (χ0v) is 15.4. The van der Waals surface area contributed by atoms with E-state index < -0.39 is 0 Å². The zero-order chi connectivity index (χ0) is 18.2. The summed E-state index contributed by atoms with van der Waals surface area (Å²) in [5.74, 6) is 0. The normalized spacial score (nSPS) is 16.9. The van der Waals surface area contributed by atoms with E-state index in [1.165, 1.54) is 4.68 Å². The minimum absolute atomic E-state index is 0.167. The molecular weight excluding hydrogens is 363 g/mol. The highest BCUT2D eigenvalue weighted by Gasteiger charge is 2.27. The number of piperidine rings is 1. The fourth-order valence-corrected chi connectivity index (χ4v) is 3.29. The molecule has 2 heterocycles. The minimum atomic E-state index is -0.304. The third-order valence-electron chi connectivity index (χ3n) is 4.49. The first-order valence-corrected chi connectivity index (χ1v) is 8.80. The van der Waals surface area contributed by atoms with Crippen LogP contribution in [0.3, 0.4) is 0 Å². The van der Waals surface area contributed by atoms with Gasteiger partial charge in [0.05, 0.1) is 28.5 Å². The summed E-state index contributed by atoms with van der Waals surface area (Å²) in [6, 6.07) is 5.05. The van der Waals surface area contributed by atoms with E-state index in [2.05, 4.69) is 4.98 Å². The lowest BCUT2D eigenvalue weighted by Crippen LogP contribution is -2.54. The smallest absolute Gasteiger partial charge is 0.295 e. The molecule has 0 spiro atoms. The van der Waals surface area contributed by atoms with Crippen molar-refractivity contribution in [3.63, 3.8) is 0 Å². The van der Waals surface area contributed by atoms with Crippen LogP contribution in [0.2, 0.25) is 10.0 Å². The number of halogens is 2. The molecule has 1 fully saturated rings. The maximum Gasteiger partial charge on any atom is 0.295 e.